The van der Waals surface area contributed by atoms with E-state index in [0.717, 1.165) is 11.1 Å². The second-order valence-electron chi connectivity index (χ2n) is 6.38. The molecule has 0 heterocycles. The van der Waals surface area contributed by atoms with Crippen LogP contribution >= 0.6 is 17.0 Å². The Labute approximate surface area is 159 Å². The topological polar surface area (TPSA) is 20.2 Å². The van der Waals surface area contributed by atoms with Gasteiger partial charge in [-0.05, 0) is 88.8 Å². The van der Waals surface area contributed by atoms with Gasteiger partial charge in [0.25, 0.3) is 0 Å². The van der Waals surface area contributed by atoms with Gasteiger partial charge in [0.1, 0.15) is 5.75 Å². The van der Waals surface area contributed by atoms with Crippen LogP contribution in [0.4, 0.5) is 0 Å². The molecule has 0 fully saturated rings. The Hall–Kier alpha value is -0.0369. The molecule has 1 aromatic carbocycles. The second-order valence-corrected chi connectivity index (χ2v) is 10.1. The van der Waals surface area contributed by atoms with Crippen LogP contribution in [-0.4, -0.2) is 5.11 Å². The van der Waals surface area contributed by atoms with Crippen molar-refractivity contribution in [2.75, 3.05) is 0 Å². The number of halogens is 2. The minimum atomic E-state index is -0.826. The molecular weight excluding hydrogens is 406 g/mol. The monoisotopic (exact) mass is 430 g/mol. The number of allylic oxidation sites excluding steroid dienone is 4. The van der Waals surface area contributed by atoms with E-state index in [4.69, 9.17) is 17.0 Å². The average molecular weight is 433 g/mol. The third kappa shape index (κ3) is 3.80. The zero-order valence-electron chi connectivity index (χ0n) is 15.3. The quantitative estimate of drug-likeness (QED) is 0.519. The van der Waals surface area contributed by atoms with E-state index in [1.165, 1.54) is 39.0 Å². The van der Waals surface area contributed by atoms with Crippen molar-refractivity contribution in [3.05, 3.63) is 50.1 Å². The van der Waals surface area contributed by atoms with E-state index in [-0.39, 0.29) is 5.92 Å². The third-order valence-electron chi connectivity index (χ3n) is 5.60. The fourth-order valence-corrected chi connectivity index (χ4v) is 3.46. The molecule has 0 spiro atoms. The third-order valence-corrected chi connectivity index (χ3v) is 5.60. The van der Waals surface area contributed by atoms with Crippen molar-refractivity contribution in [2.24, 2.45) is 0 Å². The number of hydrogen-bond donors (Lipinski definition) is 1. The van der Waals surface area contributed by atoms with Crippen molar-refractivity contribution < 1.29 is 26.0 Å². The normalized spacial score (nSPS) is 15.0. The number of phenols is 1. The fourth-order valence-electron chi connectivity index (χ4n) is 3.46. The van der Waals surface area contributed by atoms with Crippen molar-refractivity contribution in [1.82, 2.24) is 0 Å². The Kier molecular flexibility index (Phi) is 7.64. The first kappa shape index (κ1) is 21.0. The molecule has 23 heavy (non-hydrogen) atoms. The van der Waals surface area contributed by atoms with Gasteiger partial charge in [-0.15, -0.1) is 0 Å². The molecule has 0 aliphatic heterocycles. The van der Waals surface area contributed by atoms with Crippen LogP contribution in [0.1, 0.15) is 61.4 Å². The van der Waals surface area contributed by atoms with E-state index < -0.39 is 20.8 Å². The number of aromatic hydroxyl groups is 1. The molecule has 0 atom stereocenters. The van der Waals surface area contributed by atoms with Gasteiger partial charge in [0, 0.05) is 11.5 Å². The second kappa shape index (κ2) is 8.37. The summed E-state index contributed by atoms with van der Waals surface area (Å²) in [5, 5.41) is 10.7. The SMILES string of the molecule is CC1=C(C)C(c2c(C)c(C)c(C)c(C)c2O)C(C)=C1C.[Cl][Zr][Cl]. The molecule has 0 saturated heterocycles. The molecule has 1 aliphatic rings. The fraction of sp³-hybridized carbons (Fsp3) is 0.474. The van der Waals surface area contributed by atoms with Gasteiger partial charge < -0.3 is 5.11 Å². The number of hydrogen-bond acceptors (Lipinski definition) is 1. The van der Waals surface area contributed by atoms with Crippen LogP contribution in [-0.2, 0) is 20.8 Å². The molecule has 0 saturated carbocycles. The van der Waals surface area contributed by atoms with E-state index in [1.807, 2.05) is 6.92 Å². The standard InChI is InChI=1S/C19H26O.2ClH.Zr/c1-9-10(2)14(6)17(13(9)5)18-15(7)11(3)12(4)16(8)19(18)20;;;/h17,20H,1-8H3;2*1H;/q;;;+2/p-2. The zero-order chi connectivity index (χ0) is 18.1. The van der Waals surface area contributed by atoms with Crippen molar-refractivity contribution >= 4 is 17.0 Å². The van der Waals surface area contributed by atoms with Gasteiger partial charge in [-0.1, -0.05) is 11.1 Å². The Morgan fingerprint density at radius 3 is 1.43 bits per heavy atom. The van der Waals surface area contributed by atoms with E-state index >= 15 is 0 Å². The van der Waals surface area contributed by atoms with E-state index in [1.54, 1.807) is 0 Å². The van der Waals surface area contributed by atoms with Crippen molar-refractivity contribution in [3.8, 4) is 5.75 Å². The van der Waals surface area contributed by atoms with Crippen LogP contribution < -0.4 is 0 Å². The first-order chi connectivity index (χ1) is 10.6. The maximum absolute atomic E-state index is 10.7. The Balaban J connectivity index is 0.000000816. The number of phenolic OH excluding ortho intramolecular Hbond substituents is 1. The molecule has 0 amide bonds. The summed E-state index contributed by atoms with van der Waals surface area (Å²) < 4.78 is 0. The molecule has 126 valence electrons. The Bertz CT molecular complexity index is 634. The molecule has 4 heteroatoms. The van der Waals surface area contributed by atoms with Crippen molar-refractivity contribution in [1.29, 1.82) is 0 Å². The predicted octanol–water partition coefficient (Wildman–Crippen LogP) is 6.77. The molecule has 1 aliphatic carbocycles. The van der Waals surface area contributed by atoms with E-state index in [2.05, 4.69) is 48.5 Å². The van der Waals surface area contributed by atoms with Gasteiger partial charge in [0.2, 0.25) is 0 Å². The van der Waals surface area contributed by atoms with Gasteiger partial charge in [-0.25, -0.2) is 0 Å². The van der Waals surface area contributed by atoms with Gasteiger partial charge in [-0.2, -0.15) is 0 Å². The van der Waals surface area contributed by atoms with Gasteiger partial charge in [0.15, 0.2) is 0 Å². The van der Waals surface area contributed by atoms with Crippen LogP contribution in [0, 0.1) is 27.7 Å². The molecule has 2 rings (SSSR count). The summed E-state index contributed by atoms with van der Waals surface area (Å²) in [6.07, 6.45) is 0. The molecule has 1 nitrogen and oxygen atoms in total. The number of rotatable bonds is 1. The maximum atomic E-state index is 10.7. The van der Waals surface area contributed by atoms with Gasteiger partial charge in [-0.3, -0.25) is 0 Å². The van der Waals surface area contributed by atoms with Crippen LogP contribution in [0.25, 0.3) is 0 Å². The van der Waals surface area contributed by atoms with Crippen LogP contribution in [0.5, 0.6) is 5.75 Å². The summed E-state index contributed by atoms with van der Waals surface area (Å²) in [5.74, 6) is 0.727. The van der Waals surface area contributed by atoms with Gasteiger partial charge in [0.05, 0.1) is 0 Å². The average Bonchev–Trinajstić information content (AvgIpc) is 2.70. The first-order valence-corrected chi connectivity index (χ1v) is 14.0. The Morgan fingerprint density at radius 2 is 1.04 bits per heavy atom. The number of benzene rings is 1. The summed E-state index contributed by atoms with van der Waals surface area (Å²) in [7, 11) is 9.87. The Morgan fingerprint density at radius 1 is 0.696 bits per heavy atom. The van der Waals surface area contributed by atoms with Crippen LogP contribution in [0.15, 0.2) is 22.3 Å². The molecule has 0 radical (unpaired) electrons. The minimum absolute atomic E-state index is 0.244. The van der Waals surface area contributed by atoms with Crippen molar-refractivity contribution in [2.45, 2.75) is 61.3 Å². The van der Waals surface area contributed by atoms with Crippen molar-refractivity contribution in [3.63, 3.8) is 0 Å². The molecule has 1 N–H and O–H groups in total. The van der Waals surface area contributed by atoms with Gasteiger partial charge >= 0.3 is 37.9 Å². The molecule has 0 unspecified atom stereocenters. The summed E-state index contributed by atoms with van der Waals surface area (Å²) in [5.41, 5.74) is 11.4. The zero-order valence-corrected chi connectivity index (χ0v) is 19.3. The summed E-state index contributed by atoms with van der Waals surface area (Å²) in [6, 6.07) is 0. The van der Waals surface area contributed by atoms with E-state index in [9.17, 15) is 5.11 Å². The first-order valence-electron chi connectivity index (χ1n) is 7.72. The summed E-state index contributed by atoms with van der Waals surface area (Å²) >= 11 is -0.826. The van der Waals surface area contributed by atoms with Crippen LogP contribution in [0.2, 0.25) is 0 Å². The van der Waals surface area contributed by atoms with Crippen LogP contribution in [0.3, 0.4) is 0 Å². The molecule has 0 bridgehead atoms. The molecule has 1 aromatic rings. The predicted molar refractivity (Wildman–Crippen MR) is 98.2 cm³/mol. The molecule has 0 aromatic heterocycles. The van der Waals surface area contributed by atoms with E-state index in [0.29, 0.717) is 5.75 Å². The summed E-state index contributed by atoms with van der Waals surface area (Å²) in [4.78, 5) is 0. The summed E-state index contributed by atoms with van der Waals surface area (Å²) in [6.45, 7) is 17.2. The molecular formula is C19H26Cl2OZr.